The molecule has 162 valence electrons. The van der Waals surface area contributed by atoms with Gasteiger partial charge in [0, 0.05) is 11.3 Å². The third-order valence-electron chi connectivity index (χ3n) is 4.83. The van der Waals surface area contributed by atoms with Crippen LogP contribution in [0.2, 0.25) is 0 Å². The van der Waals surface area contributed by atoms with E-state index in [-0.39, 0.29) is 11.7 Å². The zero-order valence-electron chi connectivity index (χ0n) is 17.7. The second kappa shape index (κ2) is 9.93. The van der Waals surface area contributed by atoms with Gasteiger partial charge in [0.05, 0.1) is 16.7 Å². The molecule has 0 unspecified atom stereocenters. The molecule has 2 aromatic carbocycles. The largest absolute Gasteiger partial charge is 0.325 e. The first-order valence-electron chi connectivity index (χ1n) is 10.1. The maximum atomic E-state index is 12.8. The van der Waals surface area contributed by atoms with Crippen LogP contribution in [0.5, 0.6) is 0 Å². The molecule has 0 spiro atoms. The molecule has 4 rings (SSSR count). The van der Waals surface area contributed by atoms with E-state index in [0.717, 1.165) is 16.3 Å². The Morgan fingerprint density at radius 2 is 1.88 bits per heavy atom. The van der Waals surface area contributed by atoms with Gasteiger partial charge in [-0.2, -0.15) is 0 Å². The van der Waals surface area contributed by atoms with Gasteiger partial charge in [0.1, 0.15) is 0 Å². The van der Waals surface area contributed by atoms with E-state index in [1.165, 1.54) is 18.7 Å². The van der Waals surface area contributed by atoms with E-state index < -0.39 is 5.25 Å². The minimum Gasteiger partial charge on any atom is -0.325 e. The first-order chi connectivity index (χ1) is 15.5. The molecule has 2 aromatic heterocycles. The third kappa shape index (κ3) is 5.15. The fourth-order valence-electron chi connectivity index (χ4n) is 3.14. The summed E-state index contributed by atoms with van der Waals surface area (Å²) in [5.41, 5.74) is 2.29. The lowest BCUT2D eigenvalue weighted by atomic mass is 10.1. The normalized spacial score (nSPS) is 11.8. The maximum absolute atomic E-state index is 12.8. The van der Waals surface area contributed by atoms with Crippen molar-refractivity contribution in [2.24, 2.45) is 0 Å². The van der Waals surface area contributed by atoms with E-state index in [1.54, 1.807) is 35.6 Å². The summed E-state index contributed by atoms with van der Waals surface area (Å²) in [5, 5.41) is 14.0. The number of ketones is 1. The minimum absolute atomic E-state index is 0.0429. The molecule has 1 amide bonds. The Morgan fingerprint density at radius 3 is 2.59 bits per heavy atom. The average Bonchev–Trinajstić information content (AvgIpc) is 3.45. The monoisotopic (exact) mass is 462 g/mol. The Hall–Kier alpha value is -3.23. The first-order valence-corrected chi connectivity index (χ1v) is 11.9. The van der Waals surface area contributed by atoms with Crippen LogP contribution in [-0.2, 0) is 11.3 Å². The highest BCUT2D eigenvalue weighted by Crippen LogP contribution is 2.30. The number of carbonyl (C=O) groups is 2. The minimum atomic E-state index is -0.411. The molecule has 0 bridgehead atoms. The number of anilines is 1. The fourth-order valence-corrected chi connectivity index (χ4v) is 4.71. The lowest BCUT2D eigenvalue weighted by Gasteiger charge is -2.14. The molecule has 0 aliphatic rings. The summed E-state index contributed by atoms with van der Waals surface area (Å²) in [6, 6.07) is 21.1. The number of nitrogens with one attached hydrogen (secondary N) is 1. The number of nitrogens with zero attached hydrogens (tertiary/aromatic N) is 3. The van der Waals surface area contributed by atoms with Gasteiger partial charge in [0.25, 0.3) is 0 Å². The van der Waals surface area contributed by atoms with E-state index in [2.05, 4.69) is 27.6 Å². The lowest BCUT2D eigenvalue weighted by Crippen LogP contribution is -2.23. The molecule has 2 heterocycles. The Kier molecular flexibility index (Phi) is 6.82. The van der Waals surface area contributed by atoms with Crippen LogP contribution in [0.3, 0.4) is 0 Å². The smallest absolute Gasteiger partial charge is 0.237 e. The Labute approximate surface area is 194 Å². The van der Waals surface area contributed by atoms with Crippen molar-refractivity contribution in [3.8, 4) is 10.7 Å². The number of thioether (sulfide) groups is 1. The zero-order chi connectivity index (χ0) is 22.5. The van der Waals surface area contributed by atoms with Crippen LogP contribution >= 0.6 is 23.1 Å². The quantitative estimate of drug-likeness (QED) is 0.281. The summed E-state index contributed by atoms with van der Waals surface area (Å²) in [6.07, 6.45) is 0. The van der Waals surface area contributed by atoms with Crippen molar-refractivity contribution in [3.05, 3.63) is 83.2 Å². The summed E-state index contributed by atoms with van der Waals surface area (Å²) in [5.74, 6) is 0.578. The van der Waals surface area contributed by atoms with Crippen LogP contribution < -0.4 is 5.32 Å². The predicted octanol–water partition coefficient (Wildman–Crippen LogP) is 5.38. The molecule has 0 saturated carbocycles. The summed E-state index contributed by atoms with van der Waals surface area (Å²) in [4.78, 5) is 25.5. The third-order valence-corrected chi connectivity index (χ3v) is 6.78. The lowest BCUT2D eigenvalue weighted by molar-refractivity contribution is -0.115. The highest BCUT2D eigenvalue weighted by atomic mass is 32.2. The SMILES string of the molecule is CC(=O)c1cccc(NC(=O)[C@H](C)Sc2nnc(-c3cccs3)n2Cc2ccccc2)c1. The fraction of sp³-hybridized carbons (Fsp3) is 0.167. The molecular weight excluding hydrogens is 440 g/mol. The van der Waals surface area contributed by atoms with Crippen LogP contribution in [0.4, 0.5) is 5.69 Å². The molecule has 0 fully saturated rings. The molecule has 0 radical (unpaired) electrons. The van der Waals surface area contributed by atoms with Crippen LogP contribution in [0, 0.1) is 0 Å². The number of hydrogen-bond acceptors (Lipinski definition) is 6. The maximum Gasteiger partial charge on any atom is 0.237 e. The van der Waals surface area contributed by atoms with Crippen molar-refractivity contribution in [3.63, 3.8) is 0 Å². The van der Waals surface area contributed by atoms with E-state index >= 15 is 0 Å². The van der Waals surface area contributed by atoms with E-state index in [0.29, 0.717) is 23.0 Å². The van der Waals surface area contributed by atoms with E-state index in [4.69, 9.17) is 0 Å². The van der Waals surface area contributed by atoms with Gasteiger partial charge in [0.2, 0.25) is 5.91 Å². The number of benzene rings is 2. The highest BCUT2D eigenvalue weighted by Gasteiger charge is 2.21. The van der Waals surface area contributed by atoms with Crippen LogP contribution in [0.1, 0.15) is 29.8 Å². The van der Waals surface area contributed by atoms with Crippen LogP contribution in [0.25, 0.3) is 10.7 Å². The second-order valence-corrected chi connectivity index (χ2v) is 9.50. The predicted molar refractivity (Wildman–Crippen MR) is 129 cm³/mol. The number of rotatable bonds is 8. The van der Waals surface area contributed by atoms with Gasteiger partial charge in [0.15, 0.2) is 16.8 Å². The van der Waals surface area contributed by atoms with Gasteiger partial charge < -0.3 is 5.32 Å². The number of hydrogen-bond donors (Lipinski definition) is 1. The van der Waals surface area contributed by atoms with Crippen molar-refractivity contribution in [1.82, 2.24) is 14.8 Å². The summed E-state index contributed by atoms with van der Waals surface area (Å²) >= 11 is 2.97. The van der Waals surface area contributed by atoms with Crippen molar-refractivity contribution in [2.75, 3.05) is 5.32 Å². The number of amides is 1. The Morgan fingerprint density at radius 1 is 1.06 bits per heavy atom. The molecule has 6 nitrogen and oxygen atoms in total. The second-order valence-electron chi connectivity index (χ2n) is 7.24. The summed E-state index contributed by atoms with van der Waals surface area (Å²) in [7, 11) is 0. The van der Waals surface area contributed by atoms with Crippen molar-refractivity contribution < 1.29 is 9.59 Å². The van der Waals surface area contributed by atoms with Crippen molar-refractivity contribution in [2.45, 2.75) is 30.8 Å². The zero-order valence-corrected chi connectivity index (χ0v) is 19.3. The standard InChI is InChI=1S/C24H22N4O2S2/c1-16(29)19-10-6-11-20(14-19)25-23(30)17(2)32-24-27-26-22(21-12-7-13-31-21)28(24)15-18-8-4-3-5-9-18/h3-14,17H,15H2,1-2H3,(H,25,30)/t17-/m0/s1. The van der Waals surface area contributed by atoms with E-state index in [9.17, 15) is 9.59 Å². The number of Topliss-reactive ketones (excluding diaryl/α,β-unsaturated/α-hetero) is 1. The van der Waals surface area contributed by atoms with Crippen LogP contribution in [-0.4, -0.2) is 31.7 Å². The molecule has 4 aromatic rings. The molecule has 0 aliphatic heterocycles. The molecular formula is C24H22N4O2S2. The Balaban J connectivity index is 1.54. The molecule has 8 heteroatoms. The van der Waals surface area contributed by atoms with Gasteiger partial charge in [-0.25, -0.2) is 0 Å². The molecule has 0 saturated heterocycles. The van der Waals surface area contributed by atoms with Crippen LogP contribution in [0.15, 0.2) is 77.3 Å². The van der Waals surface area contributed by atoms with Crippen molar-refractivity contribution in [1.29, 1.82) is 0 Å². The average molecular weight is 463 g/mol. The Bertz CT molecular complexity index is 1220. The topological polar surface area (TPSA) is 76.9 Å². The van der Waals surface area contributed by atoms with Crippen molar-refractivity contribution >= 4 is 40.5 Å². The molecule has 32 heavy (non-hydrogen) atoms. The summed E-state index contributed by atoms with van der Waals surface area (Å²) < 4.78 is 2.05. The molecule has 0 aliphatic carbocycles. The highest BCUT2D eigenvalue weighted by molar-refractivity contribution is 8.00. The molecule has 1 atom stereocenters. The molecule has 1 N–H and O–H groups in total. The van der Waals surface area contributed by atoms with Gasteiger partial charge in [-0.3, -0.25) is 14.2 Å². The number of thiophene rings is 1. The summed E-state index contributed by atoms with van der Waals surface area (Å²) in [6.45, 7) is 3.95. The first kappa shape index (κ1) is 22.0. The number of carbonyl (C=O) groups excluding carboxylic acids is 2. The van der Waals surface area contributed by atoms with E-state index in [1.807, 2.05) is 47.2 Å². The van der Waals surface area contributed by atoms with Gasteiger partial charge in [-0.1, -0.05) is 60.3 Å². The van der Waals surface area contributed by atoms with Gasteiger partial charge in [-0.05, 0) is 43.0 Å². The van der Waals surface area contributed by atoms with Gasteiger partial charge in [-0.15, -0.1) is 21.5 Å². The van der Waals surface area contributed by atoms with Gasteiger partial charge >= 0.3 is 0 Å². The number of aromatic nitrogens is 3.